The van der Waals surface area contributed by atoms with Crippen molar-refractivity contribution < 1.29 is 34.0 Å². The molecule has 2 N–H and O–H groups in total. The van der Waals surface area contributed by atoms with Gasteiger partial charge in [0.15, 0.2) is 5.82 Å². The minimum Gasteiger partial charge on any atom is -0.496 e. The summed E-state index contributed by atoms with van der Waals surface area (Å²) in [6.07, 6.45) is 8.35. The molecule has 0 bridgehead atoms. The fourth-order valence-corrected chi connectivity index (χ4v) is 8.28. The van der Waals surface area contributed by atoms with Crippen molar-refractivity contribution in [3.63, 3.8) is 0 Å². The Kier molecular flexibility index (Phi) is 13.8. The van der Waals surface area contributed by atoms with Crippen LogP contribution in [-0.4, -0.2) is 113 Å². The smallest absolute Gasteiger partial charge is 0.290 e. The van der Waals surface area contributed by atoms with Crippen LogP contribution in [0.5, 0.6) is 17.5 Å². The SMILES string of the molecule is COc1cc(-n2ncc3c(-c4cccc(-c5ccc(CN(C)C6CCOCC6O)c(OC)n5)c4Cl)cccc32)nc(OC)c1CN(C)C1CCCCC1.O=CO. The molecular weight excluding hydrogens is 736 g/mol. The molecule has 14 heteroatoms. The number of methoxy groups -OCH3 is 3. The average molecular weight is 787 g/mol. The first-order chi connectivity index (χ1) is 27.2. The molecule has 1 aliphatic heterocycles. The number of ether oxygens (including phenoxy) is 4. The topological polar surface area (TPSA) is 145 Å². The Balaban J connectivity index is 0.00000172. The number of halogens is 1. The van der Waals surface area contributed by atoms with Crippen molar-refractivity contribution in [3.05, 3.63) is 76.9 Å². The summed E-state index contributed by atoms with van der Waals surface area (Å²) >= 11 is 7.23. The van der Waals surface area contributed by atoms with E-state index in [-0.39, 0.29) is 12.5 Å². The van der Waals surface area contributed by atoms with Crippen molar-refractivity contribution in [1.82, 2.24) is 29.5 Å². The second-order valence-electron chi connectivity index (χ2n) is 14.2. The second kappa shape index (κ2) is 18.9. The molecule has 1 saturated carbocycles. The number of aromatic nitrogens is 4. The van der Waals surface area contributed by atoms with Crippen molar-refractivity contribution in [3.8, 4) is 45.7 Å². The Labute approximate surface area is 332 Å². The van der Waals surface area contributed by atoms with Crippen LogP contribution in [0.4, 0.5) is 0 Å². The van der Waals surface area contributed by atoms with Crippen molar-refractivity contribution in [2.45, 2.75) is 69.8 Å². The Bertz CT molecular complexity index is 2080. The van der Waals surface area contributed by atoms with Crippen LogP contribution in [0.1, 0.15) is 49.7 Å². The second-order valence-corrected chi connectivity index (χ2v) is 14.6. The monoisotopic (exact) mass is 786 g/mol. The third kappa shape index (κ3) is 8.77. The van der Waals surface area contributed by atoms with Crippen LogP contribution in [0, 0.1) is 0 Å². The molecule has 2 atom stereocenters. The molecule has 0 spiro atoms. The average Bonchev–Trinajstić information content (AvgIpc) is 3.66. The molecular formula is C42H51ClN6O7. The van der Waals surface area contributed by atoms with Gasteiger partial charge in [-0.15, -0.1) is 0 Å². The number of carboxylic acid groups (broad SMARTS) is 1. The molecule has 13 nitrogen and oxygen atoms in total. The Hall–Kier alpha value is -4.79. The standard InChI is InChI=1S/C41H49ClN6O5.CH2O2/c1-46(27-11-7-6-8-12-27)24-32-37(50-3)21-38(45-41(32)52-5)48-34-16-10-13-28(31(34)22-43-48)29-14-9-15-30(39(29)42)33-18-17-26(40(44-33)51-4)23-47(2)35-19-20-53-25-36(35)49;2-1-3/h9-10,13-18,21-22,27,35-36,49H,6-8,11-12,19-20,23-25H2,1-5H3;1H,(H,2,3). The number of carbonyl (C=O) groups is 1. The lowest BCUT2D eigenvalue weighted by Gasteiger charge is -2.35. The molecule has 5 aromatic rings. The minimum absolute atomic E-state index is 0.00324. The van der Waals surface area contributed by atoms with Crippen LogP contribution in [0.15, 0.2) is 60.8 Å². The highest BCUT2D eigenvalue weighted by molar-refractivity contribution is 6.36. The van der Waals surface area contributed by atoms with E-state index in [1.54, 1.807) is 21.3 Å². The van der Waals surface area contributed by atoms with Gasteiger partial charge in [0.2, 0.25) is 11.8 Å². The molecule has 298 valence electrons. The van der Waals surface area contributed by atoms with E-state index in [1.165, 1.54) is 32.1 Å². The highest BCUT2D eigenvalue weighted by Gasteiger charge is 2.28. The van der Waals surface area contributed by atoms with Crippen LogP contribution in [-0.2, 0) is 22.6 Å². The van der Waals surface area contributed by atoms with E-state index in [2.05, 4.69) is 22.9 Å². The molecule has 4 heterocycles. The number of benzene rings is 2. The van der Waals surface area contributed by atoms with E-state index in [0.29, 0.717) is 66.4 Å². The van der Waals surface area contributed by atoms with Crippen molar-refractivity contribution in [2.24, 2.45) is 0 Å². The van der Waals surface area contributed by atoms with Gasteiger partial charge in [-0.05, 0) is 51.1 Å². The number of aliphatic hydroxyl groups excluding tert-OH is 1. The molecule has 3 aromatic heterocycles. The van der Waals surface area contributed by atoms with E-state index in [1.807, 2.05) is 66.5 Å². The predicted molar refractivity (Wildman–Crippen MR) is 216 cm³/mol. The summed E-state index contributed by atoms with van der Waals surface area (Å²) in [5, 5.41) is 23.7. The van der Waals surface area contributed by atoms with Crippen LogP contribution >= 0.6 is 11.6 Å². The number of nitrogens with zero attached hydrogens (tertiary/aromatic N) is 6. The van der Waals surface area contributed by atoms with Gasteiger partial charge in [-0.1, -0.05) is 67.3 Å². The molecule has 2 unspecified atom stereocenters. The van der Waals surface area contributed by atoms with Crippen LogP contribution in [0.25, 0.3) is 39.1 Å². The largest absolute Gasteiger partial charge is 0.496 e. The number of hydrogen-bond acceptors (Lipinski definition) is 11. The molecule has 0 amide bonds. The summed E-state index contributed by atoms with van der Waals surface area (Å²) in [4.78, 5) is 22.7. The summed E-state index contributed by atoms with van der Waals surface area (Å²) in [6.45, 7) is 1.99. The zero-order valence-corrected chi connectivity index (χ0v) is 33.4. The highest BCUT2D eigenvalue weighted by Crippen LogP contribution is 2.40. The molecule has 7 rings (SSSR count). The van der Waals surface area contributed by atoms with E-state index >= 15 is 0 Å². The molecule has 2 aromatic carbocycles. The van der Waals surface area contributed by atoms with Gasteiger partial charge in [0.1, 0.15) is 5.75 Å². The van der Waals surface area contributed by atoms with Gasteiger partial charge in [0, 0.05) is 59.9 Å². The van der Waals surface area contributed by atoms with Gasteiger partial charge in [0.25, 0.3) is 6.47 Å². The number of aliphatic hydroxyl groups is 1. The van der Waals surface area contributed by atoms with E-state index in [4.69, 9.17) is 55.5 Å². The first kappa shape index (κ1) is 40.9. The third-order valence-electron chi connectivity index (χ3n) is 10.9. The summed E-state index contributed by atoms with van der Waals surface area (Å²) in [6, 6.07) is 18.5. The van der Waals surface area contributed by atoms with Crippen LogP contribution in [0.2, 0.25) is 5.02 Å². The third-order valence-corrected chi connectivity index (χ3v) is 11.3. The van der Waals surface area contributed by atoms with Gasteiger partial charge in [-0.2, -0.15) is 10.1 Å². The van der Waals surface area contributed by atoms with Crippen LogP contribution in [0.3, 0.4) is 0 Å². The quantitative estimate of drug-likeness (QED) is 0.127. The Morgan fingerprint density at radius 2 is 1.61 bits per heavy atom. The van der Waals surface area contributed by atoms with Gasteiger partial charge < -0.3 is 29.2 Å². The first-order valence-corrected chi connectivity index (χ1v) is 19.3. The summed E-state index contributed by atoms with van der Waals surface area (Å²) in [5.74, 6) is 2.36. The number of rotatable bonds is 12. The number of fused-ring (bicyclic) bond motifs is 1. The zero-order valence-electron chi connectivity index (χ0n) is 32.7. The van der Waals surface area contributed by atoms with Crippen molar-refractivity contribution in [1.29, 1.82) is 0 Å². The molecule has 1 aliphatic carbocycles. The van der Waals surface area contributed by atoms with Gasteiger partial charge in [0.05, 0.1) is 62.0 Å². The maximum Gasteiger partial charge on any atom is 0.290 e. The molecule has 56 heavy (non-hydrogen) atoms. The van der Waals surface area contributed by atoms with E-state index in [0.717, 1.165) is 45.1 Å². The summed E-state index contributed by atoms with van der Waals surface area (Å²) in [5.41, 5.74) is 6.00. The predicted octanol–water partition coefficient (Wildman–Crippen LogP) is 6.88. The normalized spacial score (nSPS) is 17.4. The number of pyridine rings is 2. The lowest BCUT2D eigenvalue weighted by molar-refractivity contribution is -0.122. The van der Waals surface area contributed by atoms with Crippen LogP contribution < -0.4 is 14.2 Å². The maximum absolute atomic E-state index is 10.5. The van der Waals surface area contributed by atoms with Gasteiger partial charge in [-0.3, -0.25) is 14.6 Å². The molecule has 1 saturated heterocycles. The van der Waals surface area contributed by atoms with E-state index < -0.39 is 6.10 Å². The summed E-state index contributed by atoms with van der Waals surface area (Å²) in [7, 11) is 9.14. The maximum atomic E-state index is 10.5. The highest BCUT2D eigenvalue weighted by atomic mass is 35.5. The molecule has 2 aliphatic rings. The molecule has 2 fully saturated rings. The Morgan fingerprint density at radius 3 is 2.32 bits per heavy atom. The first-order valence-electron chi connectivity index (χ1n) is 18.9. The molecule has 0 radical (unpaired) electrons. The fourth-order valence-electron chi connectivity index (χ4n) is 7.95. The number of hydrogen-bond donors (Lipinski definition) is 2. The van der Waals surface area contributed by atoms with Crippen molar-refractivity contribution in [2.75, 3.05) is 48.6 Å². The van der Waals surface area contributed by atoms with E-state index in [9.17, 15) is 5.11 Å². The van der Waals surface area contributed by atoms with Crippen molar-refractivity contribution >= 4 is 29.0 Å². The summed E-state index contributed by atoms with van der Waals surface area (Å²) < 4.78 is 24.8. The lowest BCUT2D eigenvalue weighted by Crippen LogP contribution is -2.46. The lowest BCUT2D eigenvalue weighted by atomic mass is 9.94. The fraction of sp³-hybridized carbons (Fsp3) is 0.429. The zero-order chi connectivity index (χ0) is 39.8. The Morgan fingerprint density at radius 1 is 0.893 bits per heavy atom. The minimum atomic E-state index is -0.532. The number of likely N-dealkylation sites (N-methyl/N-ethyl adjacent to an activating group) is 1. The van der Waals surface area contributed by atoms with Gasteiger partial charge in [-0.25, -0.2) is 9.67 Å². The van der Waals surface area contributed by atoms with Gasteiger partial charge >= 0.3 is 0 Å².